The summed E-state index contributed by atoms with van der Waals surface area (Å²) >= 11 is 0. The number of aromatic nitrogens is 2. The fourth-order valence-corrected chi connectivity index (χ4v) is 3.97. The van der Waals surface area contributed by atoms with E-state index in [4.69, 9.17) is 16.2 Å². The maximum Gasteiger partial charge on any atom is 0.418 e. The molecule has 4 rings (SSSR count). The van der Waals surface area contributed by atoms with E-state index in [0.717, 1.165) is 28.8 Å². The quantitative estimate of drug-likeness (QED) is 0.510. The van der Waals surface area contributed by atoms with Crippen molar-refractivity contribution in [3.05, 3.63) is 66.0 Å². The summed E-state index contributed by atoms with van der Waals surface area (Å²) in [5, 5.41) is 2.66. The molecule has 1 fully saturated rings. The molecule has 172 valence electrons. The normalized spacial score (nSPS) is 15.7. The number of amides is 1. The Balaban J connectivity index is 1.64. The average molecular weight is 457 g/mol. The van der Waals surface area contributed by atoms with Gasteiger partial charge in [0.15, 0.2) is 0 Å². The van der Waals surface area contributed by atoms with Crippen LogP contribution in [0.15, 0.2) is 54.9 Å². The predicted octanol–water partition coefficient (Wildman–Crippen LogP) is 4.01. The molecule has 2 aromatic carbocycles. The number of benzene rings is 2. The van der Waals surface area contributed by atoms with Crippen LogP contribution in [0.4, 0.5) is 30.5 Å². The van der Waals surface area contributed by atoms with Crippen LogP contribution in [-0.4, -0.2) is 29.1 Å². The van der Waals surface area contributed by atoms with Gasteiger partial charge in [0, 0.05) is 42.5 Å². The van der Waals surface area contributed by atoms with Gasteiger partial charge < -0.3 is 21.5 Å². The number of hydrogen-bond acceptors (Lipinski definition) is 6. The number of hydrogen-bond donors (Lipinski definition) is 3. The second-order valence-corrected chi connectivity index (χ2v) is 7.86. The van der Waals surface area contributed by atoms with Gasteiger partial charge in [0.25, 0.3) is 0 Å². The Bertz CT molecular complexity index is 1140. The molecular weight excluding hydrogens is 435 g/mol. The Labute approximate surface area is 188 Å². The van der Waals surface area contributed by atoms with E-state index in [0.29, 0.717) is 26.1 Å². The lowest BCUT2D eigenvalue weighted by atomic mass is 9.73. The summed E-state index contributed by atoms with van der Waals surface area (Å²) in [6.07, 6.45) is -0.626. The van der Waals surface area contributed by atoms with Crippen molar-refractivity contribution in [1.29, 1.82) is 0 Å². The molecule has 2 heterocycles. The molecular formula is C23H22F3N5O2. The molecule has 33 heavy (non-hydrogen) atoms. The molecule has 10 heteroatoms. The van der Waals surface area contributed by atoms with Crippen molar-refractivity contribution in [2.24, 2.45) is 0 Å². The zero-order valence-corrected chi connectivity index (χ0v) is 17.5. The van der Waals surface area contributed by atoms with Crippen LogP contribution in [0.5, 0.6) is 0 Å². The van der Waals surface area contributed by atoms with Crippen molar-refractivity contribution in [1.82, 2.24) is 9.97 Å². The predicted molar refractivity (Wildman–Crippen MR) is 118 cm³/mol. The molecule has 3 aromatic rings. The first-order valence-electron chi connectivity index (χ1n) is 10.2. The van der Waals surface area contributed by atoms with Gasteiger partial charge in [0.1, 0.15) is 0 Å². The molecule has 0 bridgehead atoms. The zero-order chi connectivity index (χ0) is 23.6. The number of rotatable bonds is 4. The number of nitrogens with one attached hydrogen (secondary N) is 1. The van der Waals surface area contributed by atoms with Gasteiger partial charge >= 0.3 is 6.18 Å². The molecule has 1 amide bonds. The van der Waals surface area contributed by atoms with E-state index in [2.05, 4.69) is 15.3 Å². The second kappa shape index (κ2) is 8.70. The van der Waals surface area contributed by atoms with Crippen LogP contribution < -0.4 is 16.8 Å². The maximum atomic E-state index is 13.4. The van der Waals surface area contributed by atoms with E-state index >= 15 is 0 Å². The molecule has 0 saturated carbocycles. The molecule has 1 saturated heterocycles. The van der Waals surface area contributed by atoms with Crippen LogP contribution in [0.3, 0.4) is 0 Å². The van der Waals surface area contributed by atoms with Gasteiger partial charge in [-0.05, 0) is 42.2 Å². The number of ether oxygens (including phenoxy) is 1. The lowest BCUT2D eigenvalue weighted by molar-refractivity contribution is -0.137. The summed E-state index contributed by atoms with van der Waals surface area (Å²) in [7, 11) is 0. The van der Waals surface area contributed by atoms with Crippen molar-refractivity contribution in [2.75, 3.05) is 30.0 Å². The summed E-state index contributed by atoms with van der Waals surface area (Å²) in [5.74, 6) is -0.225. The number of nitrogens with two attached hydrogens (primary N) is 2. The molecule has 7 nitrogen and oxygen atoms in total. The Morgan fingerprint density at radius 2 is 1.61 bits per heavy atom. The third kappa shape index (κ3) is 4.61. The molecule has 0 spiro atoms. The van der Waals surface area contributed by atoms with E-state index < -0.39 is 28.7 Å². The molecule has 1 aliphatic rings. The maximum absolute atomic E-state index is 13.4. The summed E-state index contributed by atoms with van der Waals surface area (Å²) in [4.78, 5) is 21.4. The van der Waals surface area contributed by atoms with E-state index in [1.165, 1.54) is 6.07 Å². The van der Waals surface area contributed by atoms with Crippen LogP contribution in [0.1, 0.15) is 24.0 Å². The Morgan fingerprint density at radius 3 is 2.21 bits per heavy atom. The first-order chi connectivity index (χ1) is 15.7. The Hall–Kier alpha value is -3.66. The number of nitrogens with zero attached hydrogens (tertiary/aromatic N) is 2. The van der Waals surface area contributed by atoms with Crippen molar-refractivity contribution >= 4 is 23.2 Å². The summed E-state index contributed by atoms with van der Waals surface area (Å²) < 4.78 is 45.2. The number of carbonyl (C=O) groups excluding carboxylic acids is 1. The van der Waals surface area contributed by atoms with E-state index in [1.807, 2.05) is 24.3 Å². The molecule has 0 unspecified atom stereocenters. The molecule has 1 aromatic heterocycles. The highest BCUT2D eigenvalue weighted by Crippen LogP contribution is 2.39. The third-order valence-electron chi connectivity index (χ3n) is 5.84. The smallest absolute Gasteiger partial charge is 0.398 e. The van der Waals surface area contributed by atoms with Crippen LogP contribution >= 0.6 is 0 Å². The molecule has 1 aliphatic heterocycles. The fraction of sp³-hybridized carbons (Fsp3) is 0.261. The molecule has 0 atom stereocenters. The van der Waals surface area contributed by atoms with Crippen LogP contribution in [0.2, 0.25) is 0 Å². The number of halogens is 3. The molecule has 5 N–H and O–H groups in total. The van der Waals surface area contributed by atoms with E-state index in [-0.39, 0.29) is 11.6 Å². The highest BCUT2D eigenvalue weighted by molar-refractivity contribution is 5.99. The largest absolute Gasteiger partial charge is 0.418 e. The van der Waals surface area contributed by atoms with Crippen molar-refractivity contribution < 1.29 is 22.7 Å². The van der Waals surface area contributed by atoms with Crippen molar-refractivity contribution in [2.45, 2.75) is 24.4 Å². The standard InChI is InChI=1S/C23H22F3N5O2/c24-23(25,26)18-11-17(5-6-19(18)27)31-20(32)22(7-9-33-10-8-22)16-3-1-14(2-4-16)15-12-29-21(28)30-13-15/h1-6,11-13H,7-10,27H2,(H,31,32)(H2,28,29,30). The SMILES string of the molecule is Nc1ncc(-c2ccc(C3(C(=O)Nc4ccc(N)c(C(F)(F)F)c4)CCOCC3)cc2)cn1. The number of alkyl halides is 3. The lowest BCUT2D eigenvalue weighted by Crippen LogP contribution is -2.44. The third-order valence-corrected chi connectivity index (χ3v) is 5.84. The van der Waals surface area contributed by atoms with Gasteiger partial charge in [0.05, 0.1) is 11.0 Å². The number of anilines is 3. The van der Waals surface area contributed by atoms with Crippen LogP contribution in [0, 0.1) is 0 Å². The number of nitrogen functional groups attached to an aromatic ring is 2. The van der Waals surface area contributed by atoms with Gasteiger partial charge in [-0.15, -0.1) is 0 Å². The lowest BCUT2D eigenvalue weighted by Gasteiger charge is -2.36. The van der Waals surface area contributed by atoms with Gasteiger partial charge in [-0.3, -0.25) is 4.79 Å². The summed E-state index contributed by atoms with van der Waals surface area (Å²) in [5.41, 5.74) is 11.1. The minimum Gasteiger partial charge on any atom is -0.398 e. The topological polar surface area (TPSA) is 116 Å². The van der Waals surface area contributed by atoms with Gasteiger partial charge in [0.2, 0.25) is 11.9 Å². The van der Waals surface area contributed by atoms with Gasteiger partial charge in [-0.2, -0.15) is 13.2 Å². The van der Waals surface area contributed by atoms with Gasteiger partial charge in [-0.1, -0.05) is 24.3 Å². The number of carbonyl (C=O) groups is 1. The fourth-order valence-electron chi connectivity index (χ4n) is 3.97. The molecule has 0 aliphatic carbocycles. The monoisotopic (exact) mass is 457 g/mol. The Kier molecular flexibility index (Phi) is 5.94. The van der Waals surface area contributed by atoms with Gasteiger partial charge in [-0.25, -0.2) is 9.97 Å². The second-order valence-electron chi connectivity index (χ2n) is 7.86. The highest BCUT2D eigenvalue weighted by Gasteiger charge is 2.42. The van der Waals surface area contributed by atoms with E-state index in [9.17, 15) is 18.0 Å². The van der Waals surface area contributed by atoms with Crippen molar-refractivity contribution in [3.63, 3.8) is 0 Å². The summed E-state index contributed by atoms with van der Waals surface area (Å²) in [6.45, 7) is 0.715. The van der Waals surface area contributed by atoms with Crippen LogP contribution in [0.25, 0.3) is 11.1 Å². The summed E-state index contributed by atoms with van der Waals surface area (Å²) in [6, 6.07) is 10.7. The minimum atomic E-state index is -4.62. The first kappa shape index (κ1) is 22.5. The zero-order valence-electron chi connectivity index (χ0n) is 17.5. The highest BCUT2D eigenvalue weighted by atomic mass is 19.4. The van der Waals surface area contributed by atoms with E-state index in [1.54, 1.807) is 12.4 Å². The van der Waals surface area contributed by atoms with Crippen molar-refractivity contribution in [3.8, 4) is 11.1 Å². The minimum absolute atomic E-state index is 0.0306. The average Bonchev–Trinajstić information content (AvgIpc) is 2.80. The molecule has 0 radical (unpaired) electrons. The first-order valence-corrected chi connectivity index (χ1v) is 10.2. The Morgan fingerprint density at radius 1 is 0.970 bits per heavy atom. The van der Waals surface area contributed by atoms with Crippen LogP contribution in [-0.2, 0) is 21.1 Å².